The molecule has 3 atom stereocenters. The summed E-state index contributed by atoms with van der Waals surface area (Å²) in [4.78, 5) is 0. The Labute approximate surface area is 166 Å². The Morgan fingerprint density at radius 2 is 1.52 bits per heavy atom. The van der Waals surface area contributed by atoms with Crippen LogP contribution < -0.4 is 0 Å². The smallest absolute Gasteiger partial charge is 0.176 e. The Hall–Kier alpha value is -2.86. The molecule has 2 aromatic heterocycles. The van der Waals surface area contributed by atoms with Crippen molar-refractivity contribution in [1.82, 2.24) is 9.13 Å². The largest absolute Gasteiger partial charge is 0.393 e. The lowest BCUT2D eigenvalue weighted by atomic mass is 9.90. The molecule has 0 spiro atoms. The minimum absolute atomic E-state index is 0.329. The summed E-state index contributed by atoms with van der Waals surface area (Å²) in [5.74, 6) is 0. The molecule has 0 saturated carbocycles. The molecule has 5 nitrogen and oxygen atoms in total. The zero-order valence-corrected chi connectivity index (χ0v) is 16.0. The fourth-order valence-electron chi connectivity index (χ4n) is 5.79. The number of rotatable bonds is 1. The summed E-state index contributed by atoms with van der Waals surface area (Å²) in [5, 5.41) is 26.4. The lowest BCUT2D eigenvalue weighted by Crippen LogP contribution is -2.52. The monoisotopic (exact) mass is 384 g/mol. The number of hydrogen-bond acceptors (Lipinski definition) is 3. The van der Waals surface area contributed by atoms with Crippen LogP contribution in [-0.2, 0) is 10.5 Å². The summed E-state index contributed by atoms with van der Waals surface area (Å²) in [6.45, 7) is 1.54. The molecule has 144 valence electrons. The number of aliphatic hydroxyl groups excluding tert-OH is 1. The van der Waals surface area contributed by atoms with Crippen LogP contribution in [0, 0.1) is 0 Å². The van der Waals surface area contributed by atoms with Crippen LogP contribution in [0.3, 0.4) is 0 Å². The summed E-state index contributed by atoms with van der Waals surface area (Å²) < 4.78 is 11.0. The van der Waals surface area contributed by atoms with E-state index >= 15 is 0 Å². The van der Waals surface area contributed by atoms with Crippen LogP contribution in [0.5, 0.6) is 0 Å². The predicted octanol–water partition coefficient (Wildman–Crippen LogP) is 4.23. The van der Waals surface area contributed by atoms with E-state index in [0.717, 1.165) is 32.8 Å². The van der Waals surface area contributed by atoms with Crippen LogP contribution in [0.1, 0.15) is 19.6 Å². The molecule has 2 N–H and O–H groups in total. The summed E-state index contributed by atoms with van der Waals surface area (Å²) in [5.41, 5.74) is 1.80. The van der Waals surface area contributed by atoms with Gasteiger partial charge in [0.2, 0.25) is 0 Å². The van der Waals surface area contributed by atoms with Crippen molar-refractivity contribution in [3.8, 4) is 0 Å². The van der Waals surface area contributed by atoms with Crippen molar-refractivity contribution in [2.45, 2.75) is 30.9 Å². The fourth-order valence-corrected chi connectivity index (χ4v) is 5.79. The van der Waals surface area contributed by atoms with Gasteiger partial charge in [-0.2, -0.15) is 0 Å². The fraction of sp³-hybridized carbons (Fsp3) is 0.250. The quantitative estimate of drug-likeness (QED) is 0.455. The number of hydrogen-bond donors (Lipinski definition) is 2. The molecule has 2 aliphatic heterocycles. The molecule has 29 heavy (non-hydrogen) atoms. The van der Waals surface area contributed by atoms with Gasteiger partial charge in [0.25, 0.3) is 0 Å². The first kappa shape index (κ1) is 16.0. The third-order valence-electron chi connectivity index (χ3n) is 7.22. The maximum atomic E-state index is 11.6. The Balaban J connectivity index is 1.84. The van der Waals surface area contributed by atoms with E-state index in [2.05, 4.69) is 51.6 Å². The maximum Gasteiger partial charge on any atom is 0.176 e. The first-order chi connectivity index (χ1) is 14.1. The van der Waals surface area contributed by atoms with Crippen LogP contribution in [0.25, 0.3) is 43.6 Å². The Kier molecular flexibility index (Phi) is 2.66. The third kappa shape index (κ3) is 1.59. The highest BCUT2D eigenvalue weighted by Crippen LogP contribution is 2.55. The van der Waals surface area contributed by atoms with E-state index in [-0.39, 0.29) is 12.8 Å². The van der Waals surface area contributed by atoms with Crippen LogP contribution in [-0.4, -0.2) is 31.6 Å². The highest BCUT2D eigenvalue weighted by Gasteiger charge is 2.60. The van der Waals surface area contributed by atoms with Crippen molar-refractivity contribution >= 4 is 43.6 Å². The van der Waals surface area contributed by atoms with Gasteiger partial charge in [-0.1, -0.05) is 48.5 Å². The maximum absolute atomic E-state index is 11.6. The van der Waals surface area contributed by atoms with Crippen molar-refractivity contribution in [1.29, 1.82) is 0 Å². The molecule has 5 aromatic rings. The second kappa shape index (κ2) is 4.82. The average molecular weight is 384 g/mol. The lowest BCUT2D eigenvalue weighted by Gasteiger charge is -2.38. The molecule has 1 fully saturated rings. The van der Waals surface area contributed by atoms with Gasteiger partial charge in [0.05, 0.1) is 28.7 Å². The molecular formula is C24H20N2O3. The first-order valence-corrected chi connectivity index (χ1v) is 10.0. The molecule has 4 heterocycles. The standard InChI is InChI=1S/C24H20N2O3/c1-23-24(28,13-27)12-20(29-23)25-18-8-4-2-6-14(18)16-10-11-17-15-7-3-5-9-19(15)26(23)22(17)21(16)25/h2-11,20,27-28H,12-13H2,1H3/t20-,23+,24+/m1/s1. The number of aliphatic hydroxyl groups is 2. The minimum Gasteiger partial charge on any atom is -0.393 e. The van der Waals surface area contributed by atoms with Crippen LogP contribution in [0.15, 0.2) is 60.7 Å². The summed E-state index contributed by atoms with van der Waals surface area (Å²) in [6.07, 6.45) is -0.0281. The van der Waals surface area contributed by atoms with Crippen LogP contribution >= 0.6 is 0 Å². The first-order valence-electron chi connectivity index (χ1n) is 10.0. The highest BCUT2D eigenvalue weighted by atomic mass is 16.6. The van der Waals surface area contributed by atoms with Gasteiger partial charge in [0.15, 0.2) is 5.72 Å². The van der Waals surface area contributed by atoms with E-state index in [9.17, 15) is 10.2 Å². The van der Waals surface area contributed by atoms with Gasteiger partial charge in [0.1, 0.15) is 11.8 Å². The molecule has 1 saturated heterocycles. The number of aromatic nitrogens is 2. The molecular weight excluding hydrogens is 364 g/mol. The van der Waals surface area contributed by atoms with Crippen LogP contribution in [0.2, 0.25) is 0 Å². The van der Waals surface area contributed by atoms with Gasteiger partial charge in [0, 0.05) is 28.0 Å². The third-order valence-corrected chi connectivity index (χ3v) is 7.22. The average Bonchev–Trinajstić information content (AvgIpc) is 3.31. The lowest BCUT2D eigenvalue weighted by molar-refractivity contribution is -0.189. The number of nitrogens with zero attached hydrogens (tertiary/aromatic N) is 2. The molecule has 2 bridgehead atoms. The number of para-hydroxylation sites is 2. The Bertz CT molecular complexity index is 1500. The molecule has 0 radical (unpaired) electrons. The second-order valence-corrected chi connectivity index (χ2v) is 8.55. The van der Waals surface area contributed by atoms with Crippen molar-refractivity contribution in [2.75, 3.05) is 6.61 Å². The van der Waals surface area contributed by atoms with Gasteiger partial charge in [-0.15, -0.1) is 0 Å². The van der Waals surface area contributed by atoms with Crippen molar-refractivity contribution < 1.29 is 14.9 Å². The zero-order valence-electron chi connectivity index (χ0n) is 16.0. The number of fused-ring (bicyclic) bond motifs is 10. The van der Waals surface area contributed by atoms with Gasteiger partial charge in [-0.05, 0) is 19.1 Å². The zero-order chi connectivity index (χ0) is 19.5. The highest BCUT2D eigenvalue weighted by molar-refractivity contribution is 6.22. The molecule has 5 heteroatoms. The normalized spacial score (nSPS) is 28.3. The van der Waals surface area contributed by atoms with Crippen LogP contribution in [0.4, 0.5) is 0 Å². The molecule has 2 aliphatic rings. The predicted molar refractivity (Wildman–Crippen MR) is 113 cm³/mol. The molecule has 0 aliphatic carbocycles. The Morgan fingerprint density at radius 1 is 0.897 bits per heavy atom. The SMILES string of the molecule is C[C@]12O[C@H](C[C@]1(O)CO)n1c3ccccc3c3ccc4c5ccccc5n2c4c31. The van der Waals surface area contributed by atoms with E-state index in [0.29, 0.717) is 6.42 Å². The summed E-state index contributed by atoms with van der Waals surface area (Å²) in [7, 11) is 0. The van der Waals surface area contributed by atoms with Gasteiger partial charge in [-0.3, -0.25) is 0 Å². The van der Waals surface area contributed by atoms with Gasteiger partial charge < -0.3 is 24.1 Å². The summed E-state index contributed by atoms with van der Waals surface area (Å²) >= 11 is 0. The van der Waals surface area contributed by atoms with E-state index in [1.165, 1.54) is 10.8 Å². The van der Waals surface area contributed by atoms with E-state index < -0.39 is 11.3 Å². The van der Waals surface area contributed by atoms with E-state index in [1.54, 1.807) is 0 Å². The van der Waals surface area contributed by atoms with Crippen molar-refractivity contribution in [3.63, 3.8) is 0 Å². The topological polar surface area (TPSA) is 59.5 Å². The number of benzene rings is 3. The Morgan fingerprint density at radius 3 is 2.24 bits per heavy atom. The van der Waals surface area contributed by atoms with Gasteiger partial charge in [-0.25, -0.2) is 0 Å². The summed E-state index contributed by atoms with van der Waals surface area (Å²) in [6, 6.07) is 20.9. The molecule has 7 rings (SSSR count). The van der Waals surface area contributed by atoms with Gasteiger partial charge >= 0.3 is 0 Å². The molecule has 0 amide bonds. The van der Waals surface area contributed by atoms with E-state index in [4.69, 9.17) is 4.74 Å². The van der Waals surface area contributed by atoms with Crippen molar-refractivity contribution in [3.05, 3.63) is 60.7 Å². The second-order valence-electron chi connectivity index (χ2n) is 8.55. The molecule has 3 aromatic carbocycles. The molecule has 0 unspecified atom stereocenters. The van der Waals surface area contributed by atoms with Crippen molar-refractivity contribution in [2.24, 2.45) is 0 Å². The number of ether oxygens (including phenoxy) is 1. The van der Waals surface area contributed by atoms with E-state index in [1.807, 2.05) is 25.1 Å². The minimum atomic E-state index is -1.39.